The molecular weight excluding hydrogens is 458 g/mol. The van der Waals surface area contributed by atoms with E-state index in [4.69, 9.17) is 0 Å². The second kappa shape index (κ2) is 11.8. The fraction of sp³-hybridized carbons (Fsp3) is 0.174. The lowest BCUT2D eigenvalue weighted by Crippen LogP contribution is -3.00. The lowest BCUT2D eigenvalue weighted by atomic mass is 10.2. The molecule has 34 heavy (non-hydrogen) atoms. The van der Waals surface area contributed by atoms with Crippen molar-refractivity contribution in [2.24, 2.45) is 20.4 Å². The Labute approximate surface area is 201 Å². The van der Waals surface area contributed by atoms with Gasteiger partial charge in [0.25, 0.3) is 6.33 Å². The molecule has 2 aromatic carbocycles. The van der Waals surface area contributed by atoms with Crippen molar-refractivity contribution in [1.82, 2.24) is 9.30 Å². The number of halogens is 1. The van der Waals surface area contributed by atoms with Gasteiger partial charge in [-0.1, -0.05) is 48.5 Å². The molecule has 0 aliphatic rings. The summed E-state index contributed by atoms with van der Waals surface area (Å²) in [6, 6.07) is 21.9. The Kier molecular flexibility index (Phi) is 8.63. The molecule has 1 atom stereocenters. The molecule has 4 rings (SSSR count). The minimum Gasteiger partial charge on any atom is -1.00 e. The van der Waals surface area contributed by atoms with Gasteiger partial charge in [0.1, 0.15) is 6.54 Å². The Morgan fingerprint density at radius 2 is 1.71 bits per heavy atom. The van der Waals surface area contributed by atoms with Crippen molar-refractivity contribution in [3.8, 4) is 0 Å². The Balaban J connectivity index is 0.00000324. The summed E-state index contributed by atoms with van der Waals surface area (Å²) >= 11 is 0. The smallest absolute Gasteiger partial charge is 0.287 e. The average molecular weight is 482 g/mol. The lowest BCUT2D eigenvalue weighted by molar-refractivity contribution is -0.735. The zero-order chi connectivity index (χ0) is 23.0. The number of aliphatic hydroxyl groups is 2. The van der Waals surface area contributed by atoms with Crippen LogP contribution in [0.15, 0.2) is 106 Å². The number of aromatic nitrogens is 3. The molecule has 1 unspecified atom stereocenters. The van der Waals surface area contributed by atoms with Gasteiger partial charge in [0.05, 0.1) is 6.61 Å². The molecule has 10 nitrogen and oxygen atoms in total. The molecule has 3 N–H and O–H groups in total. The van der Waals surface area contributed by atoms with Gasteiger partial charge in [0.2, 0.25) is 17.6 Å². The maximum atomic E-state index is 10.6. The SMILES string of the molecule is OCCn1ccccc1=NN=C(N=NCC(O)[n+]1cn(O)c2ccccc21)c1ccccc1.[Cl-]. The number of benzene rings is 2. The molecule has 2 aromatic heterocycles. The maximum Gasteiger partial charge on any atom is 0.287 e. The summed E-state index contributed by atoms with van der Waals surface area (Å²) in [5, 5.41) is 46.8. The van der Waals surface area contributed by atoms with E-state index in [1.165, 1.54) is 10.9 Å². The van der Waals surface area contributed by atoms with Gasteiger partial charge in [-0.25, -0.2) is 0 Å². The van der Waals surface area contributed by atoms with Crippen LogP contribution in [0.2, 0.25) is 0 Å². The van der Waals surface area contributed by atoms with Crippen LogP contribution >= 0.6 is 0 Å². The minimum absolute atomic E-state index is 0. The Morgan fingerprint density at radius 3 is 2.50 bits per heavy atom. The van der Waals surface area contributed by atoms with E-state index in [1.807, 2.05) is 48.5 Å². The topological polar surface area (TPSA) is 124 Å². The Morgan fingerprint density at radius 1 is 0.971 bits per heavy atom. The highest BCUT2D eigenvalue weighted by Gasteiger charge is 2.20. The van der Waals surface area contributed by atoms with E-state index in [0.717, 1.165) is 4.73 Å². The van der Waals surface area contributed by atoms with Gasteiger partial charge in [-0.2, -0.15) is 9.68 Å². The van der Waals surface area contributed by atoms with E-state index in [1.54, 1.807) is 35.0 Å². The molecule has 0 bridgehead atoms. The number of para-hydroxylation sites is 2. The standard InChI is InChI=1S/C23H24N7O3.ClH/c31-15-14-28-13-7-6-12-21(28)25-27-23(18-8-2-1-3-9-18)26-24-16-22(32)29-17-30(33)20-11-5-4-10-19(20)29;/h1-13,17,22,31-33H,14-16H2;1H/q+1;/p-1. The zero-order valence-electron chi connectivity index (χ0n) is 18.1. The first-order chi connectivity index (χ1) is 16.2. The second-order valence-electron chi connectivity index (χ2n) is 7.13. The summed E-state index contributed by atoms with van der Waals surface area (Å²) in [6.07, 6.45) is 2.16. The fourth-order valence-corrected chi connectivity index (χ4v) is 3.30. The molecule has 0 amide bonds. The van der Waals surface area contributed by atoms with Gasteiger partial charge in [-0.05, 0) is 29.0 Å². The molecule has 11 heteroatoms. The summed E-state index contributed by atoms with van der Waals surface area (Å²) in [5.41, 5.74) is 2.50. The second-order valence-corrected chi connectivity index (χ2v) is 7.13. The zero-order valence-corrected chi connectivity index (χ0v) is 18.9. The van der Waals surface area contributed by atoms with Gasteiger partial charge in [0.15, 0.2) is 11.0 Å². The predicted molar refractivity (Wildman–Crippen MR) is 120 cm³/mol. The van der Waals surface area contributed by atoms with Gasteiger partial charge >= 0.3 is 0 Å². The molecular formula is C23H24ClN7O3. The summed E-state index contributed by atoms with van der Waals surface area (Å²) < 4.78 is 4.24. The highest BCUT2D eigenvalue weighted by atomic mass is 35.5. The van der Waals surface area contributed by atoms with Crippen LogP contribution in [0.5, 0.6) is 0 Å². The van der Waals surface area contributed by atoms with Crippen LogP contribution in [-0.4, -0.2) is 43.7 Å². The number of azo groups is 1. The number of pyridine rings is 1. The van der Waals surface area contributed by atoms with Crippen LogP contribution in [0.3, 0.4) is 0 Å². The third-order valence-electron chi connectivity index (χ3n) is 4.91. The summed E-state index contributed by atoms with van der Waals surface area (Å²) in [6.45, 7) is 0.311. The monoisotopic (exact) mass is 481 g/mol. The van der Waals surface area contributed by atoms with Crippen LogP contribution in [-0.2, 0) is 6.54 Å². The van der Waals surface area contributed by atoms with Crippen molar-refractivity contribution >= 4 is 16.9 Å². The first-order valence-corrected chi connectivity index (χ1v) is 10.4. The average Bonchev–Trinajstić information content (AvgIpc) is 3.19. The van der Waals surface area contributed by atoms with E-state index in [2.05, 4.69) is 20.4 Å². The van der Waals surface area contributed by atoms with Crippen molar-refractivity contribution in [3.63, 3.8) is 0 Å². The van der Waals surface area contributed by atoms with Gasteiger partial charge in [-0.15, -0.1) is 15.3 Å². The summed E-state index contributed by atoms with van der Waals surface area (Å²) in [5.74, 6) is 0.275. The number of fused-ring (bicyclic) bond motifs is 1. The molecule has 4 aromatic rings. The van der Waals surface area contributed by atoms with Crippen molar-refractivity contribution in [2.75, 3.05) is 13.2 Å². The normalized spacial score (nSPS) is 13.4. The minimum atomic E-state index is -1.04. The van der Waals surface area contributed by atoms with Crippen LogP contribution in [0.1, 0.15) is 11.8 Å². The fourth-order valence-electron chi connectivity index (χ4n) is 3.30. The van der Waals surface area contributed by atoms with Gasteiger partial charge in [0, 0.05) is 18.3 Å². The first kappa shape index (κ1) is 24.8. The molecule has 0 radical (unpaired) electrons. The molecule has 0 aliphatic carbocycles. The molecule has 0 fully saturated rings. The number of imidazole rings is 1. The highest BCUT2D eigenvalue weighted by Crippen LogP contribution is 2.11. The van der Waals surface area contributed by atoms with Crippen LogP contribution in [0.4, 0.5) is 0 Å². The van der Waals surface area contributed by atoms with Crippen molar-refractivity contribution < 1.29 is 32.4 Å². The van der Waals surface area contributed by atoms with Gasteiger partial charge < -0.3 is 32.4 Å². The summed E-state index contributed by atoms with van der Waals surface area (Å²) in [7, 11) is 0. The van der Waals surface area contributed by atoms with Crippen LogP contribution in [0, 0.1) is 0 Å². The lowest BCUT2D eigenvalue weighted by Gasteiger charge is -2.04. The van der Waals surface area contributed by atoms with Gasteiger partial charge in [-0.3, -0.25) is 0 Å². The van der Waals surface area contributed by atoms with Crippen molar-refractivity contribution in [1.29, 1.82) is 0 Å². The number of rotatable bonds is 7. The quantitative estimate of drug-likeness (QED) is 0.0772. The molecule has 0 saturated heterocycles. The number of amidine groups is 1. The molecule has 0 aliphatic heterocycles. The molecule has 2 heterocycles. The van der Waals surface area contributed by atoms with Crippen LogP contribution in [0.25, 0.3) is 11.0 Å². The Hall–Kier alpha value is -3.86. The molecule has 176 valence electrons. The first-order valence-electron chi connectivity index (χ1n) is 10.4. The van der Waals surface area contributed by atoms with Crippen molar-refractivity contribution in [2.45, 2.75) is 12.8 Å². The number of hydrogen-bond donors (Lipinski definition) is 3. The van der Waals surface area contributed by atoms with E-state index in [0.29, 0.717) is 28.6 Å². The van der Waals surface area contributed by atoms with E-state index >= 15 is 0 Å². The maximum absolute atomic E-state index is 10.6. The van der Waals surface area contributed by atoms with E-state index in [-0.39, 0.29) is 31.4 Å². The number of hydrogen-bond acceptors (Lipinski definition) is 6. The Bertz CT molecular complexity index is 1350. The largest absolute Gasteiger partial charge is 1.00 e. The van der Waals surface area contributed by atoms with E-state index < -0.39 is 6.23 Å². The van der Waals surface area contributed by atoms with E-state index in [9.17, 15) is 15.4 Å². The van der Waals surface area contributed by atoms with Crippen molar-refractivity contribution in [3.05, 3.63) is 96.4 Å². The third-order valence-corrected chi connectivity index (χ3v) is 4.91. The number of aliphatic hydroxyl groups excluding tert-OH is 2. The third kappa shape index (κ3) is 5.73. The van der Waals surface area contributed by atoms with Crippen LogP contribution < -0.4 is 22.5 Å². The highest BCUT2D eigenvalue weighted by molar-refractivity contribution is 5.98. The molecule has 0 spiro atoms. The predicted octanol–water partition coefficient (Wildman–Crippen LogP) is -1.13. The molecule has 0 saturated carbocycles. The number of nitrogens with zero attached hydrogens (tertiary/aromatic N) is 7. The summed E-state index contributed by atoms with van der Waals surface area (Å²) in [4.78, 5) is 0.